The largest absolute Gasteiger partial charge is 0.380 e. The Bertz CT molecular complexity index is 1330. The van der Waals surface area contributed by atoms with Crippen LogP contribution in [0.3, 0.4) is 0 Å². The highest BCUT2D eigenvalue weighted by Crippen LogP contribution is 2.29. The Kier molecular flexibility index (Phi) is 9.31. The van der Waals surface area contributed by atoms with Gasteiger partial charge in [-0.15, -0.1) is 0 Å². The number of ether oxygens (including phenoxy) is 1. The molecule has 0 fully saturated rings. The Labute approximate surface area is 213 Å². The van der Waals surface area contributed by atoms with Gasteiger partial charge in [0.05, 0.1) is 26.7 Å². The lowest BCUT2D eigenvalue weighted by molar-refractivity contribution is 0.0996. The van der Waals surface area contributed by atoms with E-state index in [1.807, 2.05) is 18.4 Å². The third-order valence-corrected chi connectivity index (χ3v) is 8.59. The highest BCUT2D eigenvalue weighted by Gasteiger charge is 2.20. The summed E-state index contributed by atoms with van der Waals surface area (Å²) in [4.78, 5) is 17.8. The van der Waals surface area contributed by atoms with Gasteiger partial charge < -0.3 is 9.30 Å². The van der Waals surface area contributed by atoms with E-state index in [4.69, 9.17) is 27.9 Å². The second-order valence-corrected chi connectivity index (χ2v) is 11.5. The van der Waals surface area contributed by atoms with Crippen LogP contribution in [0, 0.1) is 0 Å². The van der Waals surface area contributed by atoms with Crippen LogP contribution in [0.15, 0.2) is 46.3 Å². The number of nitrogens with zero attached hydrogens (tertiary/aromatic N) is 3. The normalized spacial score (nSPS) is 12.7. The Hall–Kier alpha value is -1.75. The Morgan fingerprint density at radius 1 is 1.18 bits per heavy atom. The Morgan fingerprint density at radius 2 is 1.88 bits per heavy atom. The van der Waals surface area contributed by atoms with E-state index in [1.165, 1.54) is 39.9 Å². The fraction of sp³-hybridized carbons (Fsp3) is 0.391. The predicted octanol–water partition coefficient (Wildman–Crippen LogP) is 5.21. The number of rotatable bonds is 10. The number of hydrogen-bond donors (Lipinski definition) is 0. The molecule has 0 saturated carbocycles. The molecule has 7 nitrogen and oxygen atoms in total. The molecular formula is C23H27Cl2N3O4S2. The van der Waals surface area contributed by atoms with Crippen molar-refractivity contribution in [1.82, 2.24) is 8.87 Å². The smallest absolute Gasteiger partial charge is 0.279 e. The van der Waals surface area contributed by atoms with Gasteiger partial charge in [0.25, 0.3) is 5.91 Å². The van der Waals surface area contributed by atoms with Crippen LogP contribution in [-0.4, -0.2) is 50.0 Å². The monoisotopic (exact) mass is 543 g/mol. The maximum Gasteiger partial charge on any atom is 0.279 e. The van der Waals surface area contributed by atoms with Crippen molar-refractivity contribution in [3.63, 3.8) is 0 Å². The van der Waals surface area contributed by atoms with E-state index in [0.29, 0.717) is 41.1 Å². The van der Waals surface area contributed by atoms with Crippen molar-refractivity contribution in [2.45, 2.75) is 38.1 Å². The van der Waals surface area contributed by atoms with Crippen molar-refractivity contribution < 1.29 is 17.9 Å². The van der Waals surface area contributed by atoms with E-state index in [2.05, 4.69) is 4.99 Å². The fourth-order valence-electron chi connectivity index (χ4n) is 3.32. The summed E-state index contributed by atoms with van der Waals surface area (Å²) in [6, 6.07) is 9.26. The molecule has 0 aliphatic heterocycles. The average Bonchev–Trinajstić information content (AvgIpc) is 3.14. The molecule has 0 atom stereocenters. The summed E-state index contributed by atoms with van der Waals surface area (Å²) >= 11 is 13.9. The summed E-state index contributed by atoms with van der Waals surface area (Å²) in [6.45, 7) is 5.81. The molecule has 0 saturated heterocycles. The molecule has 34 heavy (non-hydrogen) atoms. The van der Waals surface area contributed by atoms with E-state index >= 15 is 0 Å². The molecule has 1 heterocycles. The van der Waals surface area contributed by atoms with Crippen LogP contribution in [0.2, 0.25) is 10.0 Å². The molecule has 0 aliphatic carbocycles. The van der Waals surface area contributed by atoms with Gasteiger partial charge in [-0.2, -0.15) is 4.99 Å². The van der Waals surface area contributed by atoms with E-state index in [0.717, 1.165) is 23.1 Å². The number of amides is 1. The minimum absolute atomic E-state index is 0.137. The zero-order valence-electron chi connectivity index (χ0n) is 19.3. The fourth-order valence-corrected chi connectivity index (χ4v) is 6.37. The van der Waals surface area contributed by atoms with Crippen molar-refractivity contribution in [3.8, 4) is 0 Å². The number of unbranched alkanes of at least 4 members (excludes halogenated alkanes) is 1. The number of benzene rings is 2. The first-order valence-corrected chi connectivity index (χ1v) is 13.9. The van der Waals surface area contributed by atoms with Gasteiger partial charge in [-0.3, -0.25) is 4.79 Å². The van der Waals surface area contributed by atoms with Gasteiger partial charge in [0, 0.05) is 37.3 Å². The molecule has 0 spiro atoms. The second kappa shape index (κ2) is 11.8. The van der Waals surface area contributed by atoms with Gasteiger partial charge in [-0.1, -0.05) is 47.9 Å². The molecule has 0 unspecified atom stereocenters. The van der Waals surface area contributed by atoms with Crippen LogP contribution < -0.4 is 4.80 Å². The van der Waals surface area contributed by atoms with Crippen LogP contribution in [0.25, 0.3) is 10.2 Å². The first kappa shape index (κ1) is 26.8. The molecule has 3 aromatic rings. The van der Waals surface area contributed by atoms with E-state index in [-0.39, 0.29) is 10.5 Å². The maximum atomic E-state index is 12.9. The Morgan fingerprint density at radius 3 is 2.53 bits per heavy atom. The summed E-state index contributed by atoms with van der Waals surface area (Å²) < 4.78 is 34.9. The number of hydrogen-bond acceptors (Lipinski definition) is 5. The quantitative estimate of drug-likeness (QED) is 0.329. The van der Waals surface area contributed by atoms with Gasteiger partial charge in [-0.25, -0.2) is 12.7 Å². The standard InChI is InChI=1S/C23H27Cl2N3O4S2/c1-4-6-11-27(3)34(30,31)18-9-7-16(8-10-18)22(29)26-23-28(12-13-32-5-2)21-19(25)14-17(24)15-20(21)33-23/h7-10,14-15H,4-6,11-13H2,1-3H3. The summed E-state index contributed by atoms with van der Waals surface area (Å²) in [6.07, 6.45) is 1.67. The van der Waals surface area contributed by atoms with Crippen molar-refractivity contribution >= 4 is 60.7 Å². The minimum atomic E-state index is -3.61. The summed E-state index contributed by atoms with van der Waals surface area (Å²) in [5.74, 6) is -0.484. The highest BCUT2D eigenvalue weighted by molar-refractivity contribution is 7.89. The van der Waals surface area contributed by atoms with Gasteiger partial charge in [-0.05, 0) is 49.7 Å². The third-order valence-electron chi connectivity index (χ3n) is 5.19. The summed E-state index contributed by atoms with van der Waals surface area (Å²) in [7, 11) is -2.06. The van der Waals surface area contributed by atoms with Crippen molar-refractivity contribution in [2.75, 3.05) is 26.8 Å². The van der Waals surface area contributed by atoms with Gasteiger partial charge in [0.2, 0.25) is 10.0 Å². The molecule has 0 radical (unpaired) electrons. The molecule has 1 amide bonds. The summed E-state index contributed by atoms with van der Waals surface area (Å²) in [5.41, 5.74) is 1.02. The lowest BCUT2D eigenvalue weighted by Crippen LogP contribution is -2.27. The highest BCUT2D eigenvalue weighted by atomic mass is 35.5. The SMILES string of the molecule is CCCCN(C)S(=O)(=O)c1ccc(C(=O)N=c2sc3cc(Cl)cc(Cl)c3n2CCOCC)cc1. The van der Waals surface area contributed by atoms with E-state index in [9.17, 15) is 13.2 Å². The van der Waals surface area contributed by atoms with Crippen molar-refractivity contribution in [2.24, 2.45) is 4.99 Å². The molecule has 1 aromatic heterocycles. The van der Waals surface area contributed by atoms with Gasteiger partial charge in [0.15, 0.2) is 4.80 Å². The van der Waals surface area contributed by atoms with E-state index < -0.39 is 15.9 Å². The van der Waals surface area contributed by atoms with Crippen molar-refractivity contribution in [3.05, 3.63) is 56.8 Å². The van der Waals surface area contributed by atoms with Gasteiger partial charge in [0.1, 0.15) is 0 Å². The van der Waals surface area contributed by atoms with Crippen LogP contribution >= 0.6 is 34.5 Å². The first-order chi connectivity index (χ1) is 16.2. The molecule has 0 N–H and O–H groups in total. The molecule has 0 aliphatic rings. The van der Waals surface area contributed by atoms with Gasteiger partial charge >= 0.3 is 0 Å². The molecule has 184 valence electrons. The zero-order chi connectivity index (χ0) is 24.9. The average molecular weight is 545 g/mol. The predicted molar refractivity (Wildman–Crippen MR) is 137 cm³/mol. The number of aromatic nitrogens is 1. The molecule has 2 aromatic carbocycles. The van der Waals surface area contributed by atoms with Crippen LogP contribution in [0.4, 0.5) is 0 Å². The number of carbonyl (C=O) groups is 1. The topological polar surface area (TPSA) is 81.0 Å². The zero-order valence-corrected chi connectivity index (χ0v) is 22.4. The molecule has 0 bridgehead atoms. The van der Waals surface area contributed by atoms with E-state index in [1.54, 1.807) is 19.2 Å². The second-order valence-electron chi connectivity index (χ2n) is 7.59. The molecular weight excluding hydrogens is 517 g/mol. The van der Waals surface area contributed by atoms with Crippen molar-refractivity contribution in [1.29, 1.82) is 0 Å². The van der Waals surface area contributed by atoms with Crippen LogP contribution in [0.1, 0.15) is 37.0 Å². The summed E-state index contributed by atoms with van der Waals surface area (Å²) in [5, 5.41) is 0.959. The lowest BCUT2D eigenvalue weighted by atomic mass is 10.2. The first-order valence-electron chi connectivity index (χ1n) is 10.9. The molecule has 3 rings (SSSR count). The third kappa shape index (κ3) is 6.08. The number of halogens is 2. The maximum absolute atomic E-state index is 12.9. The number of carbonyl (C=O) groups excluding carboxylic acids is 1. The number of thiazole rings is 1. The van der Waals surface area contributed by atoms with Crippen LogP contribution in [-0.2, 0) is 21.3 Å². The Balaban J connectivity index is 1.95. The number of sulfonamides is 1. The van der Waals surface area contributed by atoms with Crippen LogP contribution in [0.5, 0.6) is 0 Å². The lowest BCUT2D eigenvalue weighted by Gasteiger charge is -2.16. The minimum Gasteiger partial charge on any atom is -0.380 e. The number of fused-ring (bicyclic) bond motifs is 1. The molecule has 11 heteroatoms.